The average molecular weight is 353 g/mol. The number of anilines is 1. The number of hydrogen-bond donors (Lipinski definition) is 2. The number of amides is 2. The van der Waals surface area contributed by atoms with Gasteiger partial charge in [0.05, 0.1) is 13.1 Å². The summed E-state index contributed by atoms with van der Waals surface area (Å²) in [4.78, 5) is 26.0. The van der Waals surface area contributed by atoms with Crippen LogP contribution in [0.2, 0.25) is 0 Å². The third-order valence-electron chi connectivity index (χ3n) is 4.11. The minimum atomic E-state index is -0.222. The van der Waals surface area contributed by atoms with Crippen molar-refractivity contribution in [3.05, 3.63) is 65.2 Å². The minimum absolute atomic E-state index is 0.0325. The Labute approximate surface area is 155 Å². The SMILES string of the molecule is CCc1ccccc1NC(=O)CNC(=O)CN(C)Cc1ccc(C)cc1. The van der Waals surface area contributed by atoms with Crippen molar-refractivity contribution in [2.75, 3.05) is 25.5 Å². The van der Waals surface area contributed by atoms with Crippen LogP contribution in [0.25, 0.3) is 0 Å². The molecular formula is C21H27N3O2. The van der Waals surface area contributed by atoms with Gasteiger partial charge in [0.1, 0.15) is 0 Å². The van der Waals surface area contributed by atoms with E-state index in [2.05, 4.69) is 34.9 Å². The number of nitrogens with one attached hydrogen (secondary N) is 2. The molecule has 5 nitrogen and oxygen atoms in total. The van der Waals surface area contributed by atoms with Gasteiger partial charge >= 0.3 is 0 Å². The lowest BCUT2D eigenvalue weighted by molar-refractivity contribution is -0.124. The van der Waals surface area contributed by atoms with E-state index in [9.17, 15) is 9.59 Å². The van der Waals surface area contributed by atoms with E-state index >= 15 is 0 Å². The third-order valence-corrected chi connectivity index (χ3v) is 4.11. The van der Waals surface area contributed by atoms with E-state index in [-0.39, 0.29) is 24.9 Å². The number of aryl methyl sites for hydroxylation is 2. The van der Waals surface area contributed by atoms with Crippen LogP contribution in [0.15, 0.2) is 48.5 Å². The van der Waals surface area contributed by atoms with Gasteiger partial charge < -0.3 is 10.6 Å². The molecule has 0 aromatic heterocycles. The van der Waals surface area contributed by atoms with Gasteiger partial charge in [0.25, 0.3) is 0 Å². The molecule has 5 heteroatoms. The maximum absolute atomic E-state index is 12.1. The van der Waals surface area contributed by atoms with E-state index in [1.165, 1.54) is 5.56 Å². The number of nitrogens with zero attached hydrogens (tertiary/aromatic N) is 1. The van der Waals surface area contributed by atoms with Crippen molar-refractivity contribution in [3.63, 3.8) is 0 Å². The van der Waals surface area contributed by atoms with Crippen molar-refractivity contribution in [2.45, 2.75) is 26.8 Å². The maximum atomic E-state index is 12.1. The molecule has 2 N–H and O–H groups in total. The minimum Gasteiger partial charge on any atom is -0.346 e. The number of hydrogen-bond acceptors (Lipinski definition) is 3. The van der Waals surface area contributed by atoms with Gasteiger partial charge in [-0.15, -0.1) is 0 Å². The molecule has 0 aliphatic heterocycles. The number of benzene rings is 2. The van der Waals surface area contributed by atoms with Crippen molar-refractivity contribution >= 4 is 17.5 Å². The van der Waals surface area contributed by atoms with Gasteiger partial charge in [0.2, 0.25) is 11.8 Å². The quantitative estimate of drug-likeness (QED) is 0.767. The first-order valence-electron chi connectivity index (χ1n) is 8.86. The van der Waals surface area contributed by atoms with E-state index in [1.807, 2.05) is 50.1 Å². The number of likely N-dealkylation sites (N-methyl/N-ethyl adjacent to an activating group) is 1. The molecule has 138 valence electrons. The van der Waals surface area contributed by atoms with Crippen LogP contribution in [0.4, 0.5) is 5.69 Å². The summed E-state index contributed by atoms with van der Waals surface area (Å²) in [5.74, 6) is -0.390. The molecule has 2 amide bonds. The molecule has 0 fully saturated rings. The predicted molar refractivity (Wildman–Crippen MR) is 105 cm³/mol. The maximum Gasteiger partial charge on any atom is 0.243 e. The van der Waals surface area contributed by atoms with Crippen LogP contribution < -0.4 is 10.6 Å². The number of para-hydroxylation sites is 1. The van der Waals surface area contributed by atoms with Crippen LogP contribution in [0.3, 0.4) is 0 Å². The molecule has 0 heterocycles. The summed E-state index contributed by atoms with van der Waals surface area (Å²) in [5.41, 5.74) is 4.24. The number of rotatable bonds is 8. The normalized spacial score (nSPS) is 10.6. The molecule has 26 heavy (non-hydrogen) atoms. The Balaban J connectivity index is 1.75. The van der Waals surface area contributed by atoms with Crippen LogP contribution >= 0.6 is 0 Å². The van der Waals surface area contributed by atoms with Gasteiger partial charge in [-0.1, -0.05) is 55.0 Å². The molecule has 2 aromatic carbocycles. The van der Waals surface area contributed by atoms with Crippen LogP contribution in [0.1, 0.15) is 23.6 Å². The Morgan fingerprint density at radius 3 is 2.38 bits per heavy atom. The average Bonchev–Trinajstić information content (AvgIpc) is 2.62. The topological polar surface area (TPSA) is 61.4 Å². The van der Waals surface area contributed by atoms with Gasteiger partial charge in [-0.05, 0) is 37.6 Å². The number of carbonyl (C=O) groups excluding carboxylic acids is 2. The van der Waals surface area contributed by atoms with Gasteiger partial charge in [-0.25, -0.2) is 0 Å². The van der Waals surface area contributed by atoms with Crippen molar-refractivity contribution in [1.82, 2.24) is 10.2 Å². The zero-order chi connectivity index (χ0) is 18.9. The Morgan fingerprint density at radius 1 is 1.00 bits per heavy atom. The molecule has 0 saturated carbocycles. The fourth-order valence-electron chi connectivity index (χ4n) is 2.69. The zero-order valence-corrected chi connectivity index (χ0v) is 15.7. The lowest BCUT2D eigenvalue weighted by Gasteiger charge is -2.16. The molecule has 0 unspecified atom stereocenters. The Kier molecular flexibility index (Phi) is 7.36. The molecule has 0 bridgehead atoms. The van der Waals surface area contributed by atoms with Crippen LogP contribution in [0, 0.1) is 6.92 Å². The van der Waals surface area contributed by atoms with Gasteiger partial charge in [0.15, 0.2) is 0 Å². The highest BCUT2D eigenvalue weighted by Crippen LogP contribution is 2.14. The molecule has 0 aliphatic carbocycles. The molecule has 0 spiro atoms. The first kappa shape index (κ1) is 19.7. The summed E-state index contributed by atoms with van der Waals surface area (Å²) in [7, 11) is 1.89. The summed E-state index contributed by atoms with van der Waals surface area (Å²) in [5, 5.41) is 5.52. The molecule has 0 radical (unpaired) electrons. The lowest BCUT2D eigenvalue weighted by Crippen LogP contribution is -2.39. The number of carbonyl (C=O) groups is 2. The van der Waals surface area contributed by atoms with Crippen molar-refractivity contribution in [3.8, 4) is 0 Å². The molecule has 0 aliphatic rings. The molecule has 0 saturated heterocycles. The van der Waals surface area contributed by atoms with E-state index in [0.717, 1.165) is 23.2 Å². The van der Waals surface area contributed by atoms with Crippen LogP contribution in [-0.4, -0.2) is 36.9 Å². The van der Waals surface area contributed by atoms with E-state index in [1.54, 1.807) is 0 Å². The Morgan fingerprint density at radius 2 is 1.69 bits per heavy atom. The van der Waals surface area contributed by atoms with Crippen molar-refractivity contribution in [1.29, 1.82) is 0 Å². The summed E-state index contributed by atoms with van der Waals surface area (Å²) in [6, 6.07) is 15.9. The first-order valence-corrected chi connectivity index (χ1v) is 8.86. The molecule has 2 aromatic rings. The zero-order valence-electron chi connectivity index (χ0n) is 15.7. The smallest absolute Gasteiger partial charge is 0.243 e. The highest BCUT2D eigenvalue weighted by atomic mass is 16.2. The van der Waals surface area contributed by atoms with Crippen molar-refractivity contribution < 1.29 is 9.59 Å². The highest BCUT2D eigenvalue weighted by Gasteiger charge is 2.10. The lowest BCUT2D eigenvalue weighted by atomic mass is 10.1. The van der Waals surface area contributed by atoms with E-state index in [0.29, 0.717) is 6.54 Å². The summed E-state index contributed by atoms with van der Waals surface area (Å²) in [6.07, 6.45) is 0.840. The second-order valence-electron chi connectivity index (χ2n) is 6.49. The molecule has 2 rings (SSSR count). The standard InChI is InChI=1S/C21H27N3O2/c1-4-18-7-5-6-8-19(18)23-20(25)13-22-21(26)15-24(3)14-17-11-9-16(2)10-12-17/h5-12H,4,13-15H2,1-3H3,(H,22,26)(H,23,25). The van der Waals surface area contributed by atoms with Gasteiger partial charge in [0, 0.05) is 12.2 Å². The fraction of sp³-hybridized carbons (Fsp3) is 0.333. The largest absolute Gasteiger partial charge is 0.346 e. The van der Waals surface area contributed by atoms with Gasteiger partial charge in [-0.3, -0.25) is 14.5 Å². The highest BCUT2D eigenvalue weighted by molar-refractivity contribution is 5.95. The van der Waals surface area contributed by atoms with E-state index < -0.39 is 0 Å². The Bertz CT molecular complexity index is 741. The second-order valence-corrected chi connectivity index (χ2v) is 6.49. The molecule has 0 atom stereocenters. The third kappa shape index (κ3) is 6.33. The van der Waals surface area contributed by atoms with Crippen LogP contribution in [-0.2, 0) is 22.6 Å². The van der Waals surface area contributed by atoms with E-state index in [4.69, 9.17) is 0 Å². The first-order chi connectivity index (χ1) is 12.5. The summed E-state index contributed by atoms with van der Waals surface area (Å²) in [6.45, 7) is 4.98. The summed E-state index contributed by atoms with van der Waals surface area (Å²) < 4.78 is 0. The fourth-order valence-corrected chi connectivity index (χ4v) is 2.69. The Hall–Kier alpha value is -2.66. The summed E-state index contributed by atoms with van der Waals surface area (Å²) >= 11 is 0. The van der Waals surface area contributed by atoms with Crippen molar-refractivity contribution in [2.24, 2.45) is 0 Å². The predicted octanol–water partition coefficient (Wildman–Crippen LogP) is 2.74. The van der Waals surface area contributed by atoms with Gasteiger partial charge in [-0.2, -0.15) is 0 Å². The van der Waals surface area contributed by atoms with Crippen LogP contribution in [0.5, 0.6) is 0 Å². The molecular weight excluding hydrogens is 326 g/mol. The second kappa shape index (κ2) is 9.73. The monoisotopic (exact) mass is 353 g/mol.